The Bertz CT molecular complexity index is 274. The summed E-state index contributed by atoms with van der Waals surface area (Å²) in [6, 6.07) is 0.694. The van der Waals surface area contributed by atoms with Gasteiger partial charge in [0, 0.05) is 12.1 Å². The monoisotopic (exact) mass is 195 g/mol. The summed E-state index contributed by atoms with van der Waals surface area (Å²) in [6.45, 7) is 8.37. The Kier molecular flexibility index (Phi) is 3.28. The number of nitrogens with zero attached hydrogens (tertiary/aromatic N) is 3. The smallest absolute Gasteiger partial charge is 0.225 e. The van der Waals surface area contributed by atoms with Gasteiger partial charge >= 0.3 is 0 Å². The molecule has 4 heteroatoms. The fourth-order valence-corrected chi connectivity index (χ4v) is 1.51. The average molecular weight is 195 g/mol. The van der Waals surface area contributed by atoms with Gasteiger partial charge in [-0.25, -0.2) is 9.97 Å². The van der Waals surface area contributed by atoms with E-state index in [1.807, 2.05) is 0 Å². The molecule has 0 spiro atoms. The van der Waals surface area contributed by atoms with E-state index in [0.717, 1.165) is 0 Å². The van der Waals surface area contributed by atoms with Crippen LogP contribution in [0.1, 0.15) is 27.7 Å². The molecule has 0 unspecified atom stereocenters. The molecule has 1 heterocycles. The minimum Gasteiger partial charge on any atom is -0.505 e. The predicted molar refractivity (Wildman–Crippen MR) is 56.4 cm³/mol. The van der Waals surface area contributed by atoms with Crippen LogP contribution in [0.5, 0.6) is 5.75 Å². The van der Waals surface area contributed by atoms with Crippen LogP contribution in [0.4, 0.5) is 5.95 Å². The standard InChI is InChI=1S/C10H17N3O/c1-7(2)13(8(3)4)10-11-5-9(14)6-12-10/h5-8,14H,1-4H3. The van der Waals surface area contributed by atoms with Gasteiger partial charge in [-0.2, -0.15) is 0 Å². The Morgan fingerprint density at radius 1 is 1.07 bits per heavy atom. The quantitative estimate of drug-likeness (QED) is 0.799. The van der Waals surface area contributed by atoms with E-state index < -0.39 is 0 Å². The molecule has 1 aromatic heterocycles. The van der Waals surface area contributed by atoms with E-state index in [1.54, 1.807) is 0 Å². The fourth-order valence-electron chi connectivity index (χ4n) is 1.51. The Balaban J connectivity index is 2.94. The molecule has 1 rings (SSSR count). The van der Waals surface area contributed by atoms with Crippen molar-refractivity contribution in [1.29, 1.82) is 0 Å². The highest BCUT2D eigenvalue weighted by Gasteiger charge is 2.16. The maximum Gasteiger partial charge on any atom is 0.225 e. The average Bonchev–Trinajstić information content (AvgIpc) is 2.07. The third-order valence-electron chi connectivity index (χ3n) is 1.97. The van der Waals surface area contributed by atoms with Gasteiger partial charge in [0.05, 0.1) is 12.4 Å². The molecule has 0 saturated carbocycles. The Labute approximate surface area is 84.6 Å². The van der Waals surface area contributed by atoms with Gasteiger partial charge in [-0.15, -0.1) is 0 Å². The van der Waals surface area contributed by atoms with Crippen LogP contribution in [0.3, 0.4) is 0 Å². The second kappa shape index (κ2) is 4.26. The van der Waals surface area contributed by atoms with Gasteiger partial charge in [-0.3, -0.25) is 0 Å². The molecule has 14 heavy (non-hydrogen) atoms. The Morgan fingerprint density at radius 3 is 1.86 bits per heavy atom. The highest BCUT2D eigenvalue weighted by Crippen LogP contribution is 2.15. The first-order valence-corrected chi connectivity index (χ1v) is 4.81. The zero-order chi connectivity index (χ0) is 10.7. The molecule has 0 fully saturated rings. The zero-order valence-corrected chi connectivity index (χ0v) is 9.10. The maximum atomic E-state index is 9.07. The zero-order valence-electron chi connectivity index (χ0n) is 9.10. The van der Waals surface area contributed by atoms with E-state index in [-0.39, 0.29) is 5.75 Å². The molecule has 4 nitrogen and oxygen atoms in total. The molecule has 1 aromatic rings. The van der Waals surface area contributed by atoms with Crippen molar-refractivity contribution in [2.75, 3.05) is 4.90 Å². The van der Waals surface area contributed by atoms with Crippen molar-refractivity contribution < 1.29 is 5.11 Å². The summed E-state index contributed by atoms with van der Waals surface area (Å²) in [4.78, 5) is 10.3. The van der Waals surface area contributed by atoms with Crippen LogP contribution in [0, 0.1) is 0 Å². The molecule has 0 aliphatic rings. The minimum absolute atomic E-state index is 0.0983. The van der Waals surface area contributed by atoms with E-state index in [9.17, 15) is 0 Å². The highest BCUT2D eigenvalue weighted by atomic mass is 16.3. The van der Waals surface area contributed by atoms with Gasteiger partial charge in [0.25, 0.3) is 0 Å². The van der Waals surface area contributed by atoms with Gasteiger partial charge in [0.15, 0.2) is 5.75 Å². The van der Waals surface area contributed by atoms with E-state index in [2.05, 4.69) is 42.6 Å². The normalized spacial score (nSPS) is 11.0. The molecule has 0 radical (unpaired) electrons. The number of aromatic hydroxyl groups is 1. The first kappa shape index (κ1) is 10.8. The number of rotatable bonds is 3. The highest BCUT2D eigenvalue weighted by molar-refractivity contribution is 5.33. The Hall–Kier alpha value is -1.32. The van der Waals surface area contributed by atoms with Gasteiger partial charge in [0.2, 0.25) is 5.95 Å². The summed E-state index contributed by atoms with van der Waals surface area (Å²) in [6.07, 6.45) is 2.83. The number of hydrogen-bond donors (Lipinski definition) is 1. The first-order chi connectivity index (χ1) is 6.52. The summed E-state index contributed by atoms with van der Waals surface area (Å²) >= 11 is 0. The fraction of sp³-hybridized carbons (Fsp3) is 0.600. The molecule has 0 atom stereocenters. The molecule has 0 saturated heterocycles. The van der Waals surface area contributed by atoms with Crippen LogP contribution in [0.2, 0.25) is 0 Å². The van der Waals surface area contributed by atoms with Crippen LogP contribution in [0.25, 0.3) is 0 Å². The summed E-state index contributed by atoms with van der Waals surface area (Å²) < 4.78 is 0. The van der Waals surface area contributed by atoms with Crippen molar-refractivity contribution in [1.82, 2.24) is 9.97 Å². The van der Waals surface area contributed by atoms with Crippen molar-refractivity contribution in [3.05, 3.63) is 12.4 Å². The van der Waals surface area contributed by atoms with Crippen LogP contribution < -0.4 is 4.90 Å². The summed E-state index contributed by atoms with van der Waals surface area (Å²) in [5.74, 6) is 0.758. The lowest BCUT2D eigenvalue weighted by Gasteiger charge is -2.30. The van der Waals surface area contributed by atoms with Crippen LogP contribution in [-0.4, -0.2) is 27.2 Å². The Morgan fingerprint density at radius 2 is 1.50 bits per heavy atom. The SMILES string of the molecule is CC(C)N(c1ncc(O)cn1)C(C)C. The van der Waals surface area contributed by atoms with Crippen LogP contribution >= 0.6 is 0 Å². The van der Waals surface area contributed by atoms with Gasteiger partial charge in [-0.1, -0.05) is 0 Å². The summed E-state index contributed by atoms with van der Waals surface area (Å²) in [5.41, 5.74) is 0. The summed E-state index contributed by atoms with van der Waals surface area (Å²) in [5, 5.41) is 9.07. The topological polar surface area (TPSA) is 49.2 Å². The number of hydrogen-bond acceptors (Lipinski definition) is 4. The van der Waals surface area contributed by atoms with Crippen molar-refractivity contribution in [2.45, 2.75) is 39.8 Å². The number of anilines is 1. The van der Waals surface area contributed by atoms with Crippen molar-refractivity contribution in [3.63, 3.8) is 0 Å². The third kappa shape index (κ3) is 2.34. The molecule has 0 bridgehead atoms. The largest absolute Gasteiger partial charge is 0.505 e. The lowest BCUT2D eigenvalue weighted by Crippen LogP contribution is -2.38. The lowest BCUT2D eigenvalue weighted by atomic mass is 10.2. The maximum absolute atomic E-state index is 9.07. The first-order valence-electron chi connectivity index (χ1n) is 4.81. The third-order valence-corrected chi connectivity index (χ3v) is 1.97. The van der Waals surface area contributed by atoms with Gasteiger partial charge in [-0.05, 0) is 27.7 Å². The molecule has 78 valence electrons. The van der Waals surface area contributed by atoms with Crippen LogP contribution in [0.15, 0.2) is 12.4 Å². The molecule has 0 aliphatic carbocycles. The number of aromatic nitrogens is 2. The van der Waals surface area contributed by atoms with Crippen molar-refractivity contribution in [3.8, 4) is 5.75 Å². The van der Waals surface area contributed by atoms with Crippen LogP contribution in [-0.2, 0) is 0 Å². The molecule has 0 aliphatic heterocycles. The molecule has 0 amide bonds. The van der Waals surface area contributed by atoms with E-state index in [4.69, 9.17) is 5.11 Å². The van der Waals surface area contributed by atoms with E-state index in [0.29, 0.717) is 18.0 Å². The van der Waals surface area contributed by atoms with E-state index in [1.165, 1.54) is 12.4 Å². The van der Waals surface area contributed by atoms with Gasteiger partial charge < -0.3 is 10.0 Å². The molecular weight excluding hydrogens is 178 g/mol. The summed E-state index contributed by atoms with van der Waals surface area (Å²) in [7, 11) is 0. The minimum atomic E-state index is 0.0983. The lowest BCUT2D eigenvalue weighted by molar-refractivity contribution is 0.468. The second-order valence-corrected chi connectivity index (χ2v) is 3.84. The van der Waals surface area contributed by atoms with Gasteiger partial charge in [0.1, 0.15) is 0 Å². The molecule has 1 N–H and O–H groups in total. The molecular formula is C10H17N3O. The van der Waals surface area contributed by atoms with Crippen molar-refractivity contribution in [2.24, 2.45) is 0 Å². The van der Waals surface area contributed by atoms with E-state index >= 15 is 0 Å². The van der Waals surface area contributed by atoms with Crippen molar-refractivity contribution >= 4 is 5.95 Å². The predicted octanol–water partition coefficient (Wildman–Crippen LogP) is 1.81. The second-order valence-electron chi connectivity index (χ2n) is 3.84. The molecule has 0 aromatic carbocycles.